The van der Waals surface area contributed by atoms with Gasteiger partial charge in [-0.3, -0.25) is 0 Å². The molecule has 0 saturated heterocycles. The maximum atomic E-state index is 10.2. The van der Waals surface area contributed by atoms with Gasteiger partial charge in [-0.2, -0.15) is 5.10 Å². The quantitative estimate of drug-likeness (QED) is 0.833. The molecule has 0 aliphatic heterocycles. The lowest BCUT2D eigenvalue weighted by atomic mass is 9.91. The maximum Gasteiger partial charge on any atom is 0.160 e. The highest BCUT2D eigenvalue weighted by Gasteiger charge is 2.26. The van der Waals surface area contributed by atoms with Crippen LogP contribution in [0.15, 0.2) is 24.3 Å². The van der Waals surface area contributed by atoms with E-state index in [4.69, 9.17) is 0 Å². The molecule has 2 aromatic rings. The van der Waals surface area contributed by atoms with Crippen molar-refractivity contribution in [3.8, 4) is 11.4 Å². The van der Waals surface area contributed by atoms with Crippen LogP contribution in [-0.4, -0.2) is 14.9 Å². The van der Waals surface area contributed by atoms with Gasteiger partial charge in [0.05, 0.1) is 11.4 Å². The summed E-state index contributed by atoms with van der Waals surface area (Å²) in [4.78, 5) is 0. The first kappa shape index (κ1) is 12.7. The molecule has 0 aliphatic rings. The molecule has 0 aliphatic carbocycles. The molecule has 0 bridgehead atoms. The lowest BCUT2D eigenvalue weighted by Gasteiger charge is -2.20. The van der Waals surface area contributed by atoms with Crippen LogP contribution in [0.3, 0.4) is 0 Å². The molecule has 1 N–H and O–H groups in total. The van der Waals surface area contributed by atoms with Crippen LogP contribution in [0, 0.1) is 13.8 Å². The molecule has 0 amide bonds. The summed E-state index contributed by atoms with van der Waals surface area (Å²) >= 11 is 0. The zero-order valence-electron chi connectivity index (χ0n) is 11.7. The lowest BCUT2D eigenvalue weighted by Crippen LogP contribution is -2.17. The molecule has 96 valence electrons. The molecule has 0 radical (unpaired) electrons. The van der Waals surface area contributed by atoms with Crippen molar-refractivity contribution >= 4 is 0 Å². The highest BCUT2D eigenvalue weighted by molar-refractivity contribution is 5.44. The summed E-state index contributed by atoms with van der Waals surface area (Å²) in [5.74, 6) is 0.295. The molecule has 3 nitrogen and oxygen atoms in total. The number of nitrogens with zero attached hydrogens (tertiary/aromatic N) is 2. The van der Waals surface area contributed by atoms with E-state index < -0.39 is 0 Å². The van der Waals surface area contributed by atoms with Gasteiger partial charge in [-0.15, -0.1) is 0 Å². The Morgan fingerprint density at radius 3 is 2.39 bits per heavy atom. The summed E-state index contributed by atoms with van der Waals surface area (Å²) in [6.07, 6.45) is 0. The fraction of sp³-hybridized carbons (Fsp3) is 0.400. The van der Waals surface area contributed by atoms with Gasteiger partial charge in [0.15, 0.2) is 5.75 Å². The van der Waals surface area contributed by atoms with Gasteiger partial charge in [-0.05, 0) is 31.5 Å². The van der Waals surface area contributed by atoms with E-state index in [1.807, 2.05) is 23.7 Å². The third-order valence-electron chi connectivity index (χ3n) is 2.99. The highest BCUT2D eigenvalue weighted by atomic mass is 16.3. The van der Waals surface area contributed by atoms with E-state index in [2.05, 4.69) is 44.9 Å². The Balaban J connectivity index is 2.69. The first-order valence-corrected chi connectivity index (χ1v) is 6.17. The Morgan fingerprint density at radius 2 is 1.83 bits per heavy atom. The first-order valence-electron chi connectivity index (χ1n) is 6.17. The van der Waals surface area contributed by atoms with Crippen molar-refractivity contribution in [2.75, 3.05) is 0 Å². The summed E-state index contributed by atoms with van der Waals surface area (Å²) in [5.41, 5.74) is 3.53. The Bertz CT molecular complexity index is 577. The van der Waals surface area contributed by atoms with Gasteiger partial charge in [0, 0.05) is 5.41 Å². The van der Waals surface area contributed by atoms with E-state index in [0.717, 1.165) is 11.4 Å². The summed E-state index contributed by atoms with van der Waals surface area (Å²) in [5, 5.41) is 14.7. The second kappa shape index (κ2) is 4.16. The topological polar surface area (TPSA) is 38.0 Å². The van der Waals surface area contributed by atoms with Gasteiger partial charge in [0.2, 0.25) is 0 Å². The Hall–Kier alpha value is -1.77. The molecular formula is C15H20N2O. The molecule has 0 spiro atoms. The van der Waals surface area contributed by atoms with Crippen LogP contribution in [0.5, 0.6) is 5.75 Å². The van der Waals surface area contributed by atoms with Crippen LogP contribution in [0.25, 0.3) is 5.69 Å². The molecular weight excluding hydrogens is 224 g/mol. The Morgan fingerprint density at radius 1 is 1.17 bits per heavy atom. The minimum Gasteiger partial charge on any atom is -0.504 e. The van der Waals surface area contributed by atoms with Crippen molar-refractivity contribution in [3.05, 3.63) is 41.2 Å². The molecule has 0 atom stereocenters. The Labute approximate surface area is 108 Å². The van der Waals surface area contributed by atoms with Crippen LogP contribution >= 0.6 is 0 Å². The first-order chi connectivity index (χ1) is 8.30. The van der Waals surface area contributed by atoms with E-state index in [1.165, 1.54) is 5.56 Å². The summed E-state index contributed by atoms with van der Waals surface area (Å²) in [6, 6.07) is 8.14. The molecule has 2 rings (SSSR count). The average molecular weight is 244 g/mol. The van der Waals surface area contributed by atoms with Crippen LogP contribution in [0.2, 0.25) is 0 Å². The van der Waals surface area contributed by atoms with Crippen molar-refractivity contribution in [1.29, 1.82) is 0 Å². The molecule has 3 heteroatoms. The maximum absolute atomic E-state index is 10.2. The number of aromatic nitrogens is 2. The number of benzene rings is 1. The predicted octanol–water partition coefficient (Wildman–Crippen LogP) is 3.49. The number of hydrogen-bond donors (Lipinski definition) is 1. The van der Waals surface area contributed by atoms with Gasteiger partial charge < -0.3 is 5.11 Å². The monoisotopic (exact) mass is 244 g/mol. The van der Waals surface area contributed by atoms with Crippen LogP contribution in [0.1, 0.15) is 37.7 Å². The van der Waals surface area contributed by atoms with Crippen molar-refractivity contribution < 1.29 is 5.11 Å². The number of aromatic hydroxyl groups is 1. The smallest absolute Gasteiger partial charge is 0.160 e. The Kier molecular flexibility index (Phi) is 2.93. The van der Waals surface area contributed by atoms with E-state index in [0.29, 0.717) is 11.4 Å². The standard InChI is InChI=1S/C15H20N2O/c1-10-7-6-8-12(9-10)17-14(15(3,4)5)13(18)11(2)16-17/h6-9,18H,1-5H3. The largest absolute Gasteiger partial charge is 0.504 e. The van der Waals surface area contributed by atoms with Crippen molar-refractivity contribution in [2.45, 2.75) is 40.0 Å². The minimum absolute atomic E-state index is 0.158. The average Bonchev–Trinajstić information content (AvgIpc) is 2.55. The minimum atomic E-state index is -0.158. The zero-order valence-corrected chi connectivity index (χ0v) is 11.7. The summed E-state index contributed by atoms with van der Waals surface area (Å²) in [6.45, 7) is 10.1. The number of aryl methyl sites for hydroxylation is 2. The molecule has 18 heavy (non-hydrogen) atoms. The van der Waals surface area contributed by atoms with Crippen LogP contribution < -0.4 is 0 Å². The van der Waals surface area contributed by atoms with Gasteiger partial charge in [0.1, 0.15) is 5.69 Å². The fourth-order valence-corrected chi connectivity index (χ4v) is 2.14. The molecule has 0 saturated carbocycles. The van der Waals surface area contributed by atoms with Gasteiger partial charge in [-0.25, -0.2) is 4.68 Å². The van der Waals surface area contributed by atoms with E-state index in [9.17, 15) is 5.11 Å². The van der Waals surface area contributed by atoms with E-state index >= 15 is 0 Å². The van der Waals surface area contributed by atoms with Crippen molar-refractivity contribution in [1.82, 2.24) is 9.78 Å². The third-order valence-corrected chi connectivity index (χ3v) is 2.99. The number of rotatable bonds is 1. The summed E-state index contributed by atoms with van der Waals surface area (Å²) in [7, 11) is 0. The van der Waals surface area contributed by atoms with Crippen molar-refractivity contribution in [2.24, 2.45) is 0 Å². The third kappa shape index (κ3) is 2.13. The van der Waals surface area contributed by atoms with Crippen molar-refractivity contribution in [3.63, 3.8) is 0 Å². The molecule has 0 fully saturated rings. The molecule has 1 heterocycles. The van der Waals surface area contributed by atoms with E-state index in [1.54, 1.807) is 0 Å². The van der Waals surface area contributed by atoms with Crippen LogP contribution in [-0.2, 0) is 5.41 Å². The summed E-state index contributed by atoms with van der Waals surface area (Å²) < 4.78 is 1.84. The van der Waals surface area contributed by atoms with E-state index in [-0.39, 0.29) is 5.41 Å². The van der Waals surface area contributed by atoms with Crippen LogP contribution in [0.4, 0.5) is 0 Å². The van der Waals surface area contributed by atoms with Gasteiger partial charge in [0.25, 0.3) is 0 Å². The molecule has 0 unspecified atom stereocenters. The fourth-order valence-electron chi connectivity index (χ4n) is 2.14. The lowest BCUT2D eigenvalue weighted by molar-refractivity contribution is 0.437. The molecule has 1 aromatic heterocycles. The van der Waals surface area contributed by atoms with Gasteiger partial charge in [-0.1, -0.05) is 32.9 Å². The molecule has 1 aromatic carbocycles. The second-order valence-electron chi connectivity index (χ2n) is 5.78. The normalized spacial score (nSPS) is 11.8. The van der Waals surface area contributed by atoms with Gasteiger partial charge >= 0.3 is 0 Å². The number of hydrogen-bond acceptors (Lipinski definition) is 2. The predicted molar refractivity (Wildman–Crippen MR) is 73.4 cm³/mol. The highest BCUT2D eigenvalue weighted by Crippen LogP contribution is 2.34. The SMILES string of the molecule is Cc1cccc(-n2nc(C)c(O)c2C(C)(C)C)c1. The zero-order chi connectivity index (χ0) is 13.5. The second-order valence-corrected chi connectivity index (χ2v) is 5.78.